The molecule has 2 atom stereocenters. The topological polar surface area (TPSA) is 42.3 Å². The van der Waals surface area contributed by atoms with Gasteiger partial charge in [0.25, 0.3) is 0 Å². The maximum Gasteiger partial charge on any atom is 0.131 e. The van der Waals surface area contributed by atoms with Crippen molar-refractivity contribution in [3.8, 4) is 0 Å². The van der Waals surface area contributed by atoms with Gasteiger partial charge >= 0.3 is 0 Å². The van der Waals surface area contributed by atoms with Crippen molar-refractivity contribution in [2.45, 2.75) is 39.8 Å². The molecule has 0 bridgehead atoms. The summed E-state index contributed by atoms with van der Waals surface area (Å²) in [5.41, 5.74) is 2.45. The summed E-state index contributed by atoms with van der Waals surface area (Å²) in [6, 6.07) is 0.595. The zero-order chi connectivity index (χ0) is 14.7. The quantitative estimate of drug-likeness (QED) is 0.805. The highest BCUT2D eigenvalue weighted by molar-refractivity contribution is 5.52. The Labute approximate surface area is 122 Å². The molecule has 2 unspecified atom stereocenters. The van der Waals surface area contributed by atoms with Crippen molar-refractivity contribution in [2.24, 2.45) is 13.0 Å². The molecule has 0 saturated carbocycles. The molecule has 0 spiro atoms. The number of methoxy groups -OCH3 is 1. The van der Waals surface area contributed by atoms with Crippen molar-refractivity contribution in [2.75, 3.05) is 31.7 Å². The minimum Gasteiger partial charge on any atom is -0.383 e. The lowest BCUT2D eigenvalue weighted by atomic mass is 10.1. The fourth-order valence-electron chi connectivity index (χ4n) is 3.24. The van der Waals surface area contributed by atoms with Crippen LogP contribution in [0.1, 0.15) is 31.5 Å². The van der Waals surface area contributed by atoms with Crippen LogP contribution in [0.5, 0.6) is 0 Å². The molecule has 114 valence electrons. The van der Waals surface area contributed by atoms with Crippen LogP contribution in [-0.2, 0) is 18.3 Å². The summed E-state index contributed by atoms with van der Waals surface area (Å²) in [6.07, 6.45) is 1.26. The third-order valence-corrected chi connectivity index (χ3v) is 4.15. The van der Waals surface area contributed by atoms with Crippen LogP contribution < -0.4 is 10.2 Å². The summed E-state index contributed by atoms with van der Waals surface area (Å²) in [5, 5.41) is 8.06. The summed E-state index contributed by atoms with van der Waals surface area (Å²) in [6.45, 7) is 10.3. The summed E-state index contributed by atoms with van der Waals surface area (Å²) in [4.78, 5) is 2.51. The maximum absolute atomic E-state index is 5.08. The van der Waals surface area contributed by atoms with Gasteiger partial charge in [-0.2, -0.15) is 5.10 Å². The van der Waals surface area contributed by atoms with Gasteiger partial charge in [-0.05, 0) is 26.2 Å². The van der Waals surface area contributed by atoms with Crippen LogP contribution in [0.25, 0.3) is 0 Å². The van der Waals surface area contributed by atoms with E-state index in [2.05, 4.69) is 43.1 Å². The van der Waals surface area contributed by atoms with E-state index in [1.807, 2.05) is 4.68 Å². The lowest BCUT2D eigenvalue weighted by Gasteiger charge is -2.25. The van der Waals surface area contributed by atoms with Gasteiger partial charge in [0.2, 0.25) is 0 Å². The predicted molar refractivity (Wildman–Crippen MR) is 82.1 cm³/mol. The third-order valence-electron chi connectivity index (χ3n) is 4.15. The number of nitrogens with zero attached hydrogens (tertiary/aromatic N) is 3. The minimum atomic E-state index is 0.595. The molecule has 0 amide bonds. The average Bonchev–Trinajstić information content (AvgIpc) is 2.84. The zero-order valence-electron chi connectivity index (χ0n) is 13.4. The van der Waals surface area contributed by atoms with E-state index >= 15 is 0 Å². The van der Waals surface area contributed by atoms with Crippen LogP contribution in [0.2, 0.25) is 0 Å². The van der Waals surface area contributed by atoms with Gasteiger partial charge in [-0.1, -0.05) is 6.92 Å². The van der Waals surface area contributed by atoms with Gasteiger partial charge in [0.05, 0.1) is 12.3 Å². The Hall–Kier alpha value is -1.07. The number of ether oxygens (including phenoxy) is 1. The minimum absolute atomic E-state index is 0.595. The third kappa shape index (κ3) is 3.15. The molecule has 2 heterocycles. The number of anilines is 1. The average molecular weight is 280 g/mol. The van der Waals surface area contributed by atoms with Crippen LogP contribution in [0.3, 0.4) is 0 Å². The van der Waals surface area contributed by atoms with E-state index in [1.165, 1.54) is 17.8 Å². The van der Waals surface area contributed by atoms with E-state index in [0.29, 0.717) is 6.04 Å². The predicted octanol–water partition coefficient (Wildman–Crippen LogP) is 1.70. The van der Waals surface area contributed by atoms with Gasteiger partial charge in [-0.3, -0.25) is 4.68 Å². The van der Waals surface area contributed by atoms with Crippen molar-refractivity contribution >= 4 is 5.82 Å². The van der Waals surface area contributed by atoms with Gasteiger partial charge in [-0.15, -0.1) is 0 Å². The second-order valence-corrected chi connectivity index (χ2v) is 6.02. The zero-order valence-corrected chi connectivity index (χ0v) is 13.4. The molecular weight excluding hydrogens is 252 g/mol. The Morgan fingerprint density at radius 1 is 1.40 bits per heavy atom. The Morgan fingerprint density at radius 2 is 2.15 bits per heavy atom. The second kappa shape index (κ2) is 6.59. The molecule has 1 aliphatic heterocycles. The molecule has 1 N–H and O–H groups in total. The summed E-state index contributed by atoms with van der Waals surface area (Å²) in [5.74, 6) is 2.04. The van der Waals surface area contributed by atoms with Crippen molar-refractivity contribution in [1.29, 1.82) is 0 Å². The molecule has 1 fully saturated rings. The van der Waals surface area contributed by atoms with Crippen LogP contribution >= 0.6 is 0 Å². The van der Waals surface area contributed by atoms with Gasteiger partial charge in [-0.25, -0.2) is 0 Å². The number of rotatable bonds is 6. The maximum atomic E-state index is 5.08. The highest BCUT2D eigenvalue weighted by Crippen LogP contribution is 2.32. The Morgan fingerprint density at radius 3 is 2.75 bits per heavy atom. The lowest BCUT2D eigenvalue weighted by molar-refractivity contribution is 0.199. The molecule has 20 heavy (non-hydrogen) atoms. The normalized spacial score (nSPS) is 22.8. The van der Waals surface area contributed by atoms with Crippen molar-refractivity contribution in [3.63, 3.8) is 0 Å². The van der Waals surface area contributed by atoms with Gasteiger partial charge < -0.3 is 15.0 Å². The van der Waals surface area contributed by atoms with Gasteiger partial charge in [0.1, 0.15) is 5.82 Å². The summed E-state index contributed by atoms with van der Waals surface area (Å²) >= 11 is 0. The van der Waals surface area contributed by atoms with Crippen LogP contribution in [0, 0.1) is 12.8 Å². The first-order valence-electron chi connectivity index (χ1n) is 7.53. The van der Waals surface area contributed by atoms with E-state index in [9.17, 15) is 0 Å². The Kier molecular flexibility index (Phi) is 5.05. The smallest absolute Gasteiger partial charge is 0.131 e. The molecule has 1 saturated heterocycles. The van der Waals surface area contributed by atoms with E-state index in [-0.39, 0.29) is 0 Å². The highest BCUT2D eigenvalue weighted by Gasteiger charge is 2.30. The Bertz CT molecular complexity index is 443. The van der Waals surface area contributed by atoms with E-state index in [4.69, 9.17) is 4.74 Å². The van der Waals surface area contributed by atoms with E-state index < -0.39 is 0 Å². The molecule has 0 aromatic carbocycles. The molecule has 2 rings (SSSR count). The van der Waals surface area contributed by atoms with E-state index in [0.717, 1.165) is 37.9 Å². The van der Waals surface area contributed by atoms with Crippen LogP contribution in [0.4, 0.5) is 5.82 Å². The lowest BCUT2D eigenvalue weighted by Crippen LogP contribution is -2.30. The van der Waals surface area contributed by atoms with Crippen molar-refractivity contribution in [1.82, 2.24) is 15.1 Å². The summed E-state index contributed by atoms with van der Waals surface area (Å²) in [7, 11) is 3.78. The summed E-state index contributed by atoms with van der Waals surface area (Å²) < 4.78 is 7.12. The molecule has 0 aliphatic carbocycles. The number of nitrogens with one attached hydrogen (secondary N) is 1. The first kappa shape index (κ1) is 15.3. The number of hydrogen-bond acceptors (Lipinski definition) is 4. The number of hydrogen-bond donors (Lipinski definition) is 1. The first-order chi connectivity index (χ1) is 9.54. The molecule has 0 radical (unpaired) electrons. The second-order valence-electron chi connectivity index (χ2n) is 6.02. The molecule has 1 aromatic heterocycles. The van der Waals surface area contributed by atoms with Crippen molar-refractivity contribution in [3.05, 3.63) is 11.3 Å². The SMILES string of the molecule is COCCNCc1c(C)nn(C)c1N1CC(C)CC1C. The number of aryl methyl sites for hydroxylation is 2. The highest BCUT2D eigenvalue weighted by atomic mass is 16.5. The van der Waals surface area contributed by atoms with E-state index in [1.54, 1.807) is 7.11 Å². The van der Waals surface area contributed by atoms with Crippen LogP contribution in [0.15, 0.2) is 0 Å². The fraction of sp³-hybridized carbons (Fsp3) is 0.800. The fourth-order valence-corrected chi connectivity index (χ4v) is 3.24. The molecule has 1 aromatic rings. The molecule has 5 nitrogen and oxygen atoms in total. The van der Waals surface area contributed by atoms with Gasteiger partial charge in [0.15, 0.2) is 0 Å². The molecular formula is C15H28N4O. The number of aromatic nitrogens is 2. The standard InChI is InChI=1S/C15H28N4O/c1-11-8-12(2)19(10-11)15-14(9-16-6-7-20-5)13(3)17-18(15)4/h11-12,16H,6-10H2,1-5H3. The first-order valence-corrected chi connectivity index (χ1v) is 7.53. The molecule has 1 aliphatic rings. The molecule has 5 heteroatoms. The Balaban J connectivity index is 2.15. The van der Waals surface area contributed by atoms with Crippen LogP contribution in [-0.4, -0.2) is 42.6 Å². The van der Waals surface area contributed by atoms with Gasteiger partial charge in [0, 0.05) is 45.4 Å². The largest absolute Gasteiger partial charge is 0.383 e. The monoisotopic (exact) mass is 280 g/mol. The van der Waals surface area contributed by atoms with Crippen molar-refractivity contribution < 1.29 is 4.74 Å².